The second-order valence-corrected chi connectivity index (χ2v) is 5.54. The maximum Gasteiger partial charge on any atom is 0.311 e. The van der Waals surface area contributed by atoms with Crippen LogP contribution in [0.2, 0.25) is 0 Å². The molecule has 0 aromatic carbocycles. The lowest BCUT2D eigenvalue weighted by Crippen LogP contribution is -2.47. The number of pyridine rings is 1. The Morgan fingerprint density at radius 1 is 1.48 bits per heavy atom. The Balaban J connectivity index is 1.96. The Hall–Kier alpha value is -1.73. The highest BCUT2D eigenvalue weighted by Crippen LogP contribution is 2.23. The van der Waals surface area contributed by atoms with Crippen molar-refractivity contribution in [2.75, 3.05) is 38.1 Å². The van der Waals surface area contributed by atoms with Crippen molar-refractivity contribution in [3.05, 3.63) is 28.4 Å². The van der Waals surface area contributed by atoms with Gasteiger partial charge in [-0.15, -0.1) is 0 Å². The van der Waals surface area contributed by atoms with Crippen LogP contribution in [0.1, 0.15) is 13.8 Å². The molecule has 1 saturated heterocycles. The van der Waals surface area contributed by atoms with Gasteiger partial charge < -0.3 is 9.64 Å². The van der Waals surface area contributed by atoms with E-state index in [1.807, 2.05) is 11.9 Å². The average Bonchev–Trinajstić information content (AvgIpc) is 2.43. The van der Waals surface area contributed by atoms with Gasteiger partial charge in [0.05, 0.1) is 17.1 Å². The number of nitro groups is 1. The monoisotopic (exact) mass is 294 g/mol. The van der Waals surface area contributed by atoms with Gasteiger partial charge in [-0.2, -0.15) is 0 Å². The van der Waals surface area contributed by atoms with Crippen LogP contribution in [0.25, 0.3) is 0 Å². The van der Waals surface area contributed by atoms with Crippen LogP contribution >= 0.6 is 0 Å². The average molecular weight is 294 g/mol. The van der Waals surface area contributed by atoms with E-state index in [4.69, 9.17) is 4.74 Å². The summed E-state index contributed by atoms with van der Waals surface area (Å²) in [6.07, 6.45) is 2.03. The van der Waals surface area contributed by atoms with Gasteiger partial charge in [0.25, 0.3) is 0 Å². The van der Waals surface area contributed by atoms with E-state index in [-0.39, 0.29) is 17.9 Å². The molecule has 7 heteroatoms. The van der Waals surface area contributed by atoms with Gasteiger partial charge >= 0.3 is 5.69 Å². The summed E-state index contributed by atoms with van der Waals surface area (Å²) in [6.45, 7) is 7.44. The van der Waals surface area contributed by atoms with Crippen LogP contribution < -0.4 is 4.90 Å². The molecule has 116 valence electrons. The number of hydrogen-bond acceptors (Lipinski definition) is 6. The summed E-state index contributed by atoms with van der Waals surface area (Å²) in [7, 11) is 1.84. The molecular weight excluding hydrogens is 272 g/mol. The summed E-state index contributed by atoms with van der Waals surface area (Å²) in [5.74, 6) is 0.414. The van der Waals surface area contributed by atoms with Gasteiger partial charge in [0, 0.05) is 45.5 Å². The van der Waals surface area contributed by atoms with Gasteiger partial charge in [-0.1, -0.05) is 0 Å². The maximum absolute atomic E-state index is 11.0. The van der Waals surface area contributed by atoms with Crippen molar-refractivity contribution in [1.82, 2.24) is 9.88 Å². The van der Waals surface area contributed by atoms with Crippen molar-refractivity contribution in [1.29, 1.82) is 0 Å². The van der Waals surface area contributed by atoms with Crippen molar-refractivity contribution in [3.8, 4) is 0 Å². The van der Waals surface area contributed by atoms with E-state index in [0.717, 1.165) is 19.6 Å². The zero-order valence-corrected chi connectivity index (χ0v) is 12.7. The number of likely N-dealkylation sites (N-methyl/N-ethyl adjacent to an activating group) is 1. The Kier molecular flexibility index (Phi) is 5.08. The Morgan fingerprint density at radius 2 is 2.14 bits per heavy atom. The minimum atomic E-state index is -0.391. The van der Waals surface area contributed by atoms with Gasteiger partial charge in [-0.05, 0) is 19.9 Å². The quantitative estimate of drug-likeness (QED) is 0.606. The van der Waals surface area contributed by atoms with Crippen LogP contribution in [0.3, 0.4) is 0 Å². The molecule has 0 radical (unpaired) electrons. The summed E-state index contributed by atoms with van der Waals surface area (Å²) in [5, 5.41) is 11.0. The molecule has 0 amide bonds. The normalized spacial score (nSPS) is 23.0. The fraction of sp³-hybridized carbons (Fsp3) is 0.643. The van der Waals surface area contributed by atoms with E-state index < -0.39 is 4.92 Å². The van der Waals surface area contributed by atoms with Crippen molar-refractivity contribution >= 4 is 11.5 Å². The standard InChI is InChI=1S/C14H22N4O3/c1-11-9-17(10-12(2)21-11)8-7-16(3)14-13(18(19)20)5-4-6-15-14/h4-6,11-12H,7-10H2,1-3H3/t11-,12+. The van der Waals surface area contributed by atoms with Gasteiger partial charge in [-0.25, -0.2) is 4.98 Å². The largest absolute Gasteiger partial charge is 0.373 e. The molecule has 1 aromatic rings. The molecule has 21 heavy (non-hydrogen) atoms. The van der Waals surface area contributed by atoms with Crippen molar-refractivity contribution in [2.45, 2.75) is 26.1 Å². The molecule has 0 unspecified atom stereocenters. The van der Waals surface area contributed by atoms with Crippen LogP contribution in [-0.2, 0) is 4.74 Å². The first kappa shape index (κ1) is 15.7. The van der Waals surface area contributed by atoms with Crippen LogP contribution in [0.15, 0.2) is 18.3 Å². The third-order valence-corrected chi connectivity index (χ3v) is 3.57. The number of hydrogen-bond donors (Lipinski definition) is 0. The molecule has 1 aliphatic rings. The first-order valence-corrected chi connectivity index (χ1v) is 7.15. The highest BCUT2D eigenvalue weighted by atomic mass is 16.6. The summed E-state index contributed by atoms with van der Waals surface area (Å²) < 4.78 is 5.70. The van der Waals surface area contributed by atoms with E-state index in [0.29, 0.717) is 12.4 Å². The van der Waals surface area contributed by atoms with E-state index in [1.165, 1.54) is 6.07 Å². The number of rotatable bonds is 5. The molecule has 2 heterocycles. The number of aromatic nitrogens is 1. The van der Waals surface area contributed by atoms with E-state index in [9.17, 15) is 10.1 Å². The molecule has 1 fully saturated rings. The number of anilines is 1. The lowest BCUT2D eigenvalue weighted by atomic mass is 10.2. The zero-order valence-electron chi connectivity index (χ0n) is 12.7. The molecule has 0 N–H and O–H groups in total. The number of ether oxygens (including phenoxy) is 1. The second-order valence-electron chi connectivity index (χ2n) is 5.54. The fourth-order valence-corrected chi connectivity index (χ4v) is 2.69. The zero-order chi connectivity index (χ0) is 15.4. The van der Waals surface area contributed by atoms with Crippen molar-refractivity contribution in [2.24, 2.45) is 0 Å². The minimum absolute atomic E-state index is 0.0451. The molecule has 2 rings (SSSR count). The molecule has 0 spiro atoms. The van der Waals surface area contributed by atoms with Crippen molar-refractivity contribution in [3.63, 3.8) is 0 Å². The third-order valence-electron chi connectivity index (χ3n) is 3.57. The topological polar surface area (TPSA) is 71.7 Å². The van der Waals surface area contributed by atoms with E-state index >= 15 is 0 Å². The molecule has 0 saturated carbocycles. The molecule has 0 bridgehead atoms. The number of nitrogens with zero attached hydrogens (tertiary/aromatic N) is 4. The van der Waals surface area contributed by atoms with Crippen molar-refractivity contribution < 1.29 is 9.66 Å². The first-order valence-electron chi connectivity index (χ1n) is 7.15. The molecule has 7 nitrogen and oxygen atoms in total. The minimum Gasteiger partial charge on any atom is -0.373 e. The third kappa shape index (κ3) is 4.12. The lowest BCUT2D eigenvalue weighted by molar-refractivity contribution is -0.384. The molecule has 0 aliphatic carbocycles. The fourth-order valence-electron chi connectivity index (χ4n) is 2.69. The van der Waals surface area contributed by atoms with Crippen LogP contribution in [0.4, 0.5) is 11.5 Å². The molecule has 1 aromatic heterocycles. The highest BCUT2D eigenvalue weighted by molar-refractivity contribution is 5.56. The molecule has 2 atom stereocenters. The predicted octanol–water partition coefficient (Wildman–Crippen LogP) is 1.54. The van der Waals surface area contributed by atoms with Crippen LogP contribution in [0, 0.1) is 10.1 Å². The summed E-state index contributed by atoms with van der Waals surface area (Å²) in [4.78, 5) is 18.9. The smallest absolute Gasteiger partial charge is 0.311 e. The van der Waals surface area contributed by atoms with E-state index in [2.05, 4.69) is 23.7 Å². The summed E-state index contributed by atoms with van der Waals surface area (Å²) in [6, 6.07) is 3.07. The molecular formula is C14H22N4O3. The van der Waals surface area contributed by atoms with Crippen LogP contribution in [0.5, 0.6) is 0 Å². The second kappa shape index (κ2) is 6.82. The van der Waals surface area contributed by atoms with Gasteiger partial charge in [0.15, 0.2) is 0 Å². The maximum atomic E-state index is 11.0. The lowest BCUT2D eigenvalue weighted by Gasteiger charge is -2.36. The summed E-state index contributed by atoms with van der Waals surface area (Å²) in [5.41, 5.74) is 0.0451. The highest BCUT2D eigenvalue weighted by Gasteiger charge is 2.23. The van der Waals surface area contributed by atoms with Gasteiger partial charge in [-0.3, -0.25) is 15.0 Å². The Morgan fingerprint density at radius 3 is 2.76 bits per heavy atom. The van der Waals surface area contributed by atoms with Gasteiger partial charge in [0.2, 0.25) is 5.82 Å². The Labute approximate surface area is 124 Å². The summed E-state index contributed by atoms with van der Waals surface area (Å²) >= 11 is 0. The SMILES string of the molecule is C[C@@H]1CN(CCN(C)c2ncccc2[N+](=O)[O-])C[C@H](C)O1. The van der Waals surface area contributed by atoms with Crippen LogP contribution in [-0.4, -0.2) is 60.2 Å². The Bertz CT molecular complexity index is 487. The first-order chi connectivity index (χ1) is 9.97. The number of morpholine rings is 1. The van der Waals surface area contributed by atoms with Gasteiger partial charge in [0.1, 0.15) is 0 Å². The molecule has 1 aliphatic heterocycles. The predicted molar refractivity (Wildman–Crippen MR) is 80.6 cm³/mol. The van der Waals surface area contributed by atoms with E-state index in [1.54, 1.807) is 12.3 Å².